The average molecular weight is 278 g/mol. The molecule has 1 atom stereocenters. The second-order valence-corrected chi connectivity index (χ2v) is 8.23. The van der Waals surface area contributed by atoms with Gasteiger partial charge in [-0.05, 0) is 25.4 Å². The summed E-state index contributed by atoms with van der Waals surface area (Å²) in [6, 6.07) is 0.968. The fourth-order valence-corrected chi connectivity index (χ4v) is 2.89. The first-order valence-electron chi connectivity index (χ1n) is 6.57. The maximum atomic E-state index is 5.54. The molecule has 1 fully saturated rings. The monoisotopic (exact) mass is 278 g/mol. The number of rotatable bonds is 12. The minimum atomic E-state index is -1.90. The van der Waals surface area contributed by atoms with Gasteiger partial charge in [-0.25, -0.2) is 0 Å². The molecule has 0 aromatic carbocycles. The molecule has 0 saturated carbocycles. The van der Waals surface area contributed by atoms with E-state index in [9.17, 15) is 0 Å². The Morgan fingerprint density at radius 3 is 2.28 bits per heavy atom. The van der Waals surface area contributed by atoms with Crippen molar-refractivity contribution in [2.45, 2.75) is 31.5 Å². The molecule has 108 valence electrons. The Balaban J connectivity index is 1.79. The van der Waals surface area contributed by atoms with Gasteiger partial charge in [-0.3, -0.25) is 0 Å². The van der Waals surface area contributed by atoms with Crippen LogP contribution in [-0.4, -0.2) is 61.9 Å². The van der Waals surface area contributed by atoms with Gasteiger partial charge in [0.15, 0.2) is 0 Å². The fraction of sp³-hybridized carbons (Fsp3) is 1.00. The summed E-state index contributed by atoms with van der Waals surface area (Å²) in [7, 11) is 1.54. The average Bonchev–Trinajstić information content (AvgIpc) is 3.20. The van der Waals surface area contributed by atoms with E-state index in [1.807, 2.05) is 0 Å². The second kappa shape index (κ2) is 9.01. The molecule has 0 radical (unpaired) electrons. The maximum absolute atomic E-state index is 5.54. The zero-order valence-electron chi connectivity index (χ0n) is 11.8. The van der Waals surface area contributed by atoms with Crippen LogP contribution in [0.15, 0.2) is 0 Å². The molecule has 0 aliphatic carbocycles. The van der Waals surface area contributed by atoms with Crippen molar-refractivity contribution >= 4 is 8.56 Å². The van der Waals surface area contributed by atoms with Crippen LogP contribution in [0, 0.1) is 0 Å². The molecule has 0 bridgehead atoms. The molecule has 0 N–H and O–H groups in total. The Bertz CT molecular complexity index is 207. The Kier molecular flexibility index (Phi) is 8.04. The van der Waals surface area contributed by atoms with Crippen LogP contribution in [0.2, 0.25) is 12.6 Å². The van der Waals surface area contributed by atoms with Gasteiger partial charge in [-0.15, -0.1) is 0 Å². The number of ether oxygens (including phenoxy) is 3. The molecule has 1 aliphatic rings. The molecule has 0 amide bonds. The van der Waals surface area contributed by atoms with Gasteiger partial charge in [-0.1, -0.05) is 0 Å². The first-order valence-corrected chi connectivity index (χ1v) is 9.10. The molecule has 6 heteroatoms. The molecule has 1 rings (SSSR count). The van der Waals surface area contributed by atoms with E-state index in [0.29, 0.717) is 6.10 Å². The molecule has 5 nitrogen and oxygen atoms in total. The van der Waals surface area contributed by atoms with Crippen molar-refractivity contribution in [3.8, 4) is 0 Å². The van der Waals surface area contributed by atoms with Crippen molar-refractivity contribution in [1.82, 2.24) is 0 Å². The number of epoxide rings is 1. The fourth-order valence-electron chi connectivity index (χ4n) is 1.53. The molecule has 0 spiro atoms. The van der Waals surface area contributed by atoms with Crippen LogP contribution >= 0.6 is 0 Å². The summed E-state index contributed by atoms with van der Waals surface area (Å²) in [5.74, 6) is 0. The number of hydrogen-bond acceptors (Lipinski definition) is 5. The maximum Gasteiger partial charge on any atom is 0.334 e. The minimum Gasteiger partial charge on any atom is -0.398 e. The lowest BCUT2D eigenvalue weighted by Crippen LogP contribution is -2.36. The van der Waals surface area contributed by atoms with E-state index in [0.717, 1.165) is 51.9 Å². The van der Waals surface area contributed by atoms with Crippen LogP contribution < -0.4 is 0 Å². The van der Waals surface area contributed by atoms with E-state index in [-0.39, 0.29) is 0 Å². The van der Waals surface area contributed by atoms with Gasteiger partial charge in [0, 0.05) is 34.0 Å². The van der Waals surface area contributed by atoms with Crippen molar-refractivity contribution in [1.29, 1.82) is 0 Å². The number of hydrogen-bond donors (Lipinski definition) is 0. The molecule has 1 unspecified atom stereocenters. The van der Waals surface area contributed by atoms with Crippen LogP contribution in [0.25, 0.3) is 0 Å². The zero-order chi connectivity index (χ0) is 13.3. The van der Waals surface area contributed by atoms with E-state index in [2.05, 4.69) is 6.55 Å². The third-order valence-electron chi connectivity index (χ3n) is 3.07. The molecule has 1 aliphatic heterocycles. The lowest BCUT2D eigenvalue weighted by atomic mass is 10.4. The molecular weight excluding hydrogens is 252 g/mol. The quantitative estimate of drug-likeness (QED) is 0.308. The third kappa shape index (κ3) is 7.45. The summed E-state index contributed by atoms with van der Waals surface area (Å²) in [6.45, 7) is 5.93. The largest absolute Gasteiger partial charge is 0.398 e. The summed E-state index contributed by atoms with van der Waals surface area (Å²) in [5.41, 5.74) is 0. The van der Waals surface area contributed by atoms with Gasteiger partial charge in [0.1, 0.15) is 6.10 Å². The molecular formula is C12H26O5Si. The van der Waals surface area contributed by atoms with Crippen LogP contribution in [0.1, 0.15) is 12.8 Å². The van der Waals surface area contributed by atoms with Gasteiger partial charge in [-0.2, -0.15) is 0 Å². The Labute approximate surface area is 111 Å². The summed E-state index contributed by atoms with van der Waals surface area (Å²) in [6.07, 6.45) is 2.29. The highest BCUT2D eigenvalue weighted by Gasteiger charge is 2.27. The van der Waals surface area contributed by atoms with Crippen molar-refractivity contribution in [3.05, 3.63) is 0 Å². The van der Waals surface area contributed by atoms with Crippen molar-refractivity contribution < 1.29 is 23.1 Å². The normalized spacial score (nSPS) is 19.2. The summed E-state index contributed by atoms with van der Waals surface area (Å²) in [5, 5.41) is 0. The van der Waals surface area contributed by atoms with Crippen LogP contribution in [0.3, 0.4) is 0 Å². The first kappa shape index (κ1) is 16.1. The van der Waals surface area contributed by atoms with Gasteiger partial charge >= 0.3 is 8.56 Å². The lowest BCUT2D eigenvalue weighted by molar-refractivity contribution is 0.0751. The molecule has 1 heterocycles. The lowest BCUT2D eigenvalue weighted by Gasteiger charge is -2.22. The zero-order valence-corrected chi connectivity index (χ0v) is 12.8. The first-order chi connectivity index (χ1) is 8.70. The molecule has 1 saturated heterocycles. The second-order valence-electron chi connectivity index (χ2n) is 4.64. The van der Waals surface area contributed by atoms with Gasteiger partial charge < -0.3 is 23.1 Å². The van der Waals surface area contributed by atoms with Crippen molar-refractivity contribution in [2.24, 2.45) is 0 Å². The molecule has 18 heavy (non-hydrogen) atoms. The topological polar surface area (TPSA) is 49.5 Å². The van der Waals surface area contributed by atoms with Crippen LogP contribution in [0.4, 0.5) is 0 Å². The van der Waals surface area contributed by atoms with Gasteiger partial charge in [0.2, 0.25) is 0 Å². The highest BCUT2D eigenvalue weighted by molar-refractivity contribution is 6.65. The van der Waals surface area contributed by atoms with E-state index in [4.69, 9.17) is 23.1 Å². The van der Waals surface area contributed by atoms with Crippen molar-refractivity contribution in [2.75, 3.05) is 47.3 Å². The Hall–Kier alpha value is 0.0169. The summed E-state index contributed by atoms with van der Waals surface area (Å²) in [4.78, 5) is 0. The van der Waals surface area contributed by atoms with Crippen LogP contribution in [-0.2, 0) is 23.1 Å². The minimum absolute atomic E-state index is 0.358. The van der Waals surface area contributed by atoms with E-state index < -0.39 is 8.56 Å². The van der Waals surface area contributed by atoms with Gasteiger partial charge in [0.25, 0.3) is 0 Å². The van der Waals surface area contributed by atoms with E-state index in [1.54, 1.807) is 14.2 Å². The standard InChI is InChI=1S/C12H26O5Si/c1-13-18(3,14-2)9-5-8-15-6-4-7-16-10-12-11-17-12/h12H,4-11H2,1-3H3. The molecule has 0 aromatic rings. The van der Waals surface area contributed by atoms with Crippen LogP contribution in [0.5, 0.6) is 0 Å². The molecule has 0 aromatic heterocycles. The summed E-state index contributed by atoms with van der Waals surface area (Å²) < 4.78 is 26.8. The highest BCUT2D eigenvalue weighted by atomic mass is 28.4. The third-order valence-corrected chi connectivity index (χ3v) is 6.06. The Morgan fingerprint density at radius 1 is 1.06 bits per heavy atom. The van der Waals surface area contributed by atoms with E-state index >= 15 is 0 Å². The highest BCUT2D eigenvalue weighted by Crippen LogP contribution is 2.13. The van der Waals surface area contributed by atoms with E-state index in [1.165, 1.54) is 0 Å². The predicted octanol–water partition coefficient (Wildman–Crippen LogP) is 1.56. The SMILES string of the molecule is CO[Si](C)(CCCOCCCOCC1CO1)OC. The Morgan fingerprint density at radius 2 is 1.67 bits per heavy atom. The van der Waals surface area contributed by atoms with Gasteiger partial charge in [0.05, 0.1) is 13.2 Å². The van der Waals surface area contributed by atoms with Crippen molar-refractivity contribution in [3.63, 3.8) is 0 Å². The summed E-state index contributed by atoms with van der Waals surface area (Å²) >= 11 is 0. The smallest absolute Gasteiger partial charge is 0.334 e. The predicted molar refractivity (Wildman–Crippen MR) is 71.1 cm³/mol.